The number of ether oxygens (including phenoxy) is 2. The van der Waals surface area contributed by atoms with Gasteiger partial charge in [-0.15, -0.1) is 0 Å². The molecule has 23 heavy (non-hydrogen) atoms. The number of nitrogens with one attached hydrogen (secondary N) is 1. The summed E-state index contributed by atoms with van der Waals surface area (Å²) in [6.45, 7) is 0.199. The van der Waals surface area contributed by atoms with Crippen LogP contribution >= 0.6 is 0 Å². The molecule has 0 fully saturated rings. The monoisotopic (exact) mass is 311 g/mol. The number of anilines is 1. The fourth-order valence-corrected chi connectivity index (χ4v) is 2.19. The smallest absolute Gasteiger partial charge is 0.271 e. The number of hydrogen-bond acceptors (Lipinski definition) is 5. The lowest BCUT2D eigenvalue weighted by Gasteiger charge is -2.12. The summed E-state index contributed by atoms with van der Waals surface area (Å²) in [5.41, 5.74) is 4.84. The Bertz CT molecular complexity index is 739. The fraction of sp³-hybridized carbons (Fsp3) is 0.176. The molecule has 0 saturated carbocycles. The molecule has 0 spiro atoms. The third kappa shape index (κ3) is 3.26. The molecule has 118 valence electrons. The van der Waals surface area contributed by atoms with Crippen LogP contribution in [-0.4, -0.2) is 33.0 Å². The molecule has 0 radical (unpaired) electrons. The first-order valence-corrected chi connectivity index (χ1v) is 7.14. The molecule has 1 N–H and O–H groups in total. The van der Waals surface area contributed by atoms with Crippen molar-refractivity contribution < 1.29 is 14.3 Å². The lowest BCUT2D eigenvalue weighted by Crippen LogP contribution is -2.18. The van der Waals surface area contributed by atoms with Crippen LogP contribution in [0, 0.1) is 0 Å². The summed E-state index contributed by atoms with van der Waals surface area (Å²) >= 11 is 0. The van der Waals surface area contributed by atoms with Crippen LogP contribution in [0.5, 0.6) is 11.5 Å². The van der Waals surface area contributed by atoms with E-state index in [2.05, 4.69) is 10.5 Å². The molecule has 6 heteroatoms. The highest BCUT2D eigenvalue weighted by molar-refractivity contribution is 5.95. The van der Waals surface area contributed by atoms with E-state index in [4.69, 9.17) is 9.47 Å². The molecule has 1 aliphatic heterocycles. The van der Waals surface area contributed by atoms with Crippen molar-refractivity contribution in [1.82, 2.24) is 5.43 Å². The topological polar surface area (TPSA) is 63.2 Å². The maximum atomic E-state index is 12.1. The molecule has 1 aliphatic rings. The lowest BCUT2D eigenvalue weighted by molar-refractivity contribution is 0.0955. The number of benzene rings is 2. The third-order valence-corrected chi connectivity index (χ3v) is 3.44. The Labute approximate surface area is 134 Å². The average molecular weight is 311 g/mol. The van der Waals surface area contributed by atoms with Crippen molar-refractivity contribution in [2.45, 2.75) is 0 Å². The zero-order valence-corrected chi connectivity index (χ0v) is 12.9. The second-order valence-electron chi connectivity index (χ2n) is 5.22. The molecule has 1 heterocycles. The van der Waals surface area contributed by atoms with Gasteiger partial charge in [0.15, 0.2) is 11.5 Å². The van der Waals surface area contributed by atoms with Crippen LogP contribution in [0.2, 0.25) is 0 Å². The normalized spacial score (nSPS) is 12.4. The van der Waals surface area contributed by atoms with E-state index in [9.17, 15) is 4.79 Å². The number of para-hydroxylation sites is 1. The Morgan fingerprint density at radius 3 is 2.70 bits per heavy atom. The summed E-state index contributed by atoms with van der Waals surface area (Å²) in [5.74, 6) is 1.05. The van der Waals surface area contributed by atoms with Gasteiger partial charge in [-0.05, 0) is 36.4 Å². The minimum Gasteiger partial charge on any atom is -0.454 e. The Morgan fingerprint density at radius 1 is 1.17 bits per heavy atom. The van der Waals surface area contributed by atoms with Gasteiger partial charge >= 0.3 is 0 Å². The maximum absolute atomic E-state index is 12.1. The molecular weight excluding hydrogens is 294 g/mol. The van der Waals surface area contributed by atoms with E-state index in [0.29, 0.717) is 17.1 Å². The number of fused-ring (bicyclic) bond motifs is 1. The van der Waals surface area contributed by atoms with E-state index >= 15 is 0 Å². The van der Waals surface area contributed by atoms with Crippen LogP contribution in [-0.2, 0) is 0 Å². The Kier molecular flexibility index (Phi) is 4.14. The maximum Gasteiger partial charge on any atom is 0.271 e. The highest BCUT2D eigenvalue weighted by Gasteiger charge is 2.15. The van der Waals surface area contributed by atoms with Gasteiger partial charge in [-0.25, -0.2) is 5.43 Å². The van der Waals surface area contributed by atoms with E-state index < -0.39 is 0 Å². The van der Waals surface area contributed by atoms with Crippen molar-refractivity contribution in [2.75, 3.05) is 25.8 Å². The molecule has 3 rings (SSSR count). The number of amides is 1. The predicted molar refractivity (Wildman–Crippen MR) is 88.4 cm³/mol. The SMILES string of the molecule is CN(C)c1ccc(C(=O)N/N=C/c2cccc3c2OCO3)cc1. The molecule has 2 aromatic carbocycles. The second-order valence-corrected chi connectivity index (χ2v) is 5.22. The molecule has 0 saturated heterocycles. The predicted octanol–water partition coefficient (Wildman–Crippen LogP) is 2.25. The summed E-state index contributed by atoms with van der Waals surface area (Å²) < 4.78 is 10.7. The number of hydrogen-bond donors (Lipinski definition) is 1. The molecule has 2 aromatic rings. The highest BCUT2D eigenvalue weighted by atomic mass is 16.7. The van der Waals surface area contributed by atoms with Gasteiger partial charge in [0.2, 0.25) is 6.79 Å². The summed E-state index contributed by atoms with van der Waals surface area (Å²) in [6, 6.07) is 12.8. The summed E-state index contributed by atoms with van der Waals surface area (Å²) in [5, 5.41) is 3.98. The van der Waals surface area contributed by atoms with Crippen molar-refractivity contribution in [3.05, 3.63) is 53.6 Å². The zero-order valence-electron chi connectivity index (χ0n) is 12.9. The number of carbonyl (C=O) groups excluding carboxylic acids is 1. The minimum absolute atomic E-state index is 0.199. The molecule has 6 nitrogen and oxygen atoms in total. The highest BCUT2D eigenvalue weighted by Crippen LogP contribution is 2.34. The molecule has 0 aliphatic carbocycles. The average Bonchev–Trinajstić information content (AvgIpc) is 3.04. The number of nitrogens with zero attached hydrogens (tertiary/aromatic N) is 2. The molecule has 0 atom stereocenters. The second kappa shape index (κ2) is 6.39. The third-order valence-electron chi connectivity index (χ3n) is 3.44. The van der Waals surface area contributed by atoms with Gasteiger partial charge in [-0.3, -0.25) is 4.79 Å². The summed E-state index contributed by atoms with van der Waals surface area (Å²) in [6.07, 6.45) is 1.54. The van der Waals surface area contributed by atoms with E-state index in [1.807, 2.05) is 49.3 Å². The van der Waals surface area contributed by atoms with Gasteiger partial charge in [-0.2, -0.15) is 5.10 Å². The molecule has 0 unspecified atom stereocenters. The van der Waals surface area contributed by atoms with Gasteiger partial charge in [-0.1, -0.05) is 6.07 Å². The first kappa shape index (κ1) is 14.9. The van der Waals surface area contributed by atoms with Gasteiger partial charge in [0.25, 0.3) is 5.91 Å². The van der Waals surface area contributed by atoms with Crippen LogP contribution in [0.3, 0.4) is 0 Å². The van der Waals surface area contributed by atoms with Crippen LogP contribution in [0.15, 0.2) is 47.6 Å². The van der Waals surface area contributed by atoms with Gasteiger partial charge in [0.05, 0.1) is 6.21 Å². The number of rotatable bonds is 4. The molecular formula is C17H17N3O3. The van der Waals surface area contributed by atoms with Crippen molar-refractivity contribution in [3.63, 3.8) is 0 Å². The standard InChI is InChI=1S/C17H17N3O3/c1-20(2)14-8-6-12(7-9-14)17(21)19-18-10-13-4-3-5-15-16(13)23-11-22-15/h3-10H,11H2,1-2H3,(H,19,21)/b18-10+. The first-order valence-electron chi connectivity index (χ1n) is 7.14. The Balaban J connectivity index is 1.66. The van der Waals surface area contributed by atoms with E-state index in [0.717, 1.165) is 11.3 Å². The Hall–Kier alpha value is -3.02. The molecule has 0 aromatic heterocycles. The van der Waals surface area contributed by atoms with Crippen LogP contribution < -0.4 is 19.8 Å². The number of carbonyl (C=O) groups is 1. The van der Waals surface area contributed by atoms with Crippen molar-refractivity contribution in [2.24, 2.45) is 5.10 Å². The van der Waals surface area contributed by atoms with Crippen LogP contribution in [0.25, 0.3) is 0 Å². The van der Waals surface area contributed by atoms with Gasteiger partial charge < -0.3 is 14.4 Å². The van der Waals surface area contributed by atoms with E-state index in [1.165, 1.54) is 0 Å². The molecule has 0 bridgehead atoms. The lowest BCUT2D eigenvalue weighted by atomic mass is 10.2. The molecule has 1 amide bonds. The van der Waals surface area contributed by atoms with Gasteiger partial charge in [0.1, 0.15) is 0 Å². The van der Waals surface area contributed by atoms with Crippen molar-refractivity contribution in [3.8, 4) is 11.5 Å². The van der Waals surface area contributed by atoms with Gasteiger partial charge in [0, 0.05) is 30.9 Å². The van der Waals surface area contributed by atoms with Crippen LogP contribution in [0.4, 0.5) is 5.69 Å². The zero-order chi connectivity index (χ0) is 16.2. The fourth-order valence-electron chi connectivity index (χ4n) is 2.19. The quantitative estimate of drug-likeness (QED) is 0.695. The summed E-state index contributed by atoms with van der Waals surface area (Å²) in [7, 11) is 3.90. The van der Waals surface area contributed by atoms with Crippen molar-refractivity contribution in [1.29, 1.82) is 0 Å². The van der Waals surface area contributed by atoms with E-state index in [1.54, 1.807) is 18.3 Å². The largest absolute Gasteiger partial charge is 0.454 e. The number of hydrazone groups is 1. The first-order chi connectivity index (χ1) is 11.1. The summed E-state index contributed by atoms with van der Waals surface area (Å²) in [4.78, 5) is 14.0. The Morgan fingerprint density at radius 2 is 1.96 bits per heavy atom. The minimum atomic E-state index is -0.267. The van der Waals surface area contributed by atoms with Crippen LogP contribution in [0.1, 0.15) is 15.9 Å². The van der Waals surface area contributed by atoms with E-state index in [-0.39, 0.29) is 12.7 Å². The van der Waals surface area contributed by atoms with Crippen molar-refractivity contribution >= 4 is 17.8 Å².